The van der Waals surface area contributed by atoms with E-state index in [1.54, 1.807) is 31.2 Å². The lowest BCUT2D eigenvalue weighted by Crippen LogP contribution is -2.18. The number of hydrogen-bond donors (Lipinski definition) is 1. The number of hydrogen-bond acceptors (Lipinski definition) is 4. The van der Waals surface area contributed by atoms with Crippen molar-refractivity contribution >= 4 is 11.6 Å². The Morgan fingerprint density at radius 2 is 1.48 bits per heavy atom. The van der Waals surface area contributed by atoms with Gasteiger partial charge in [-0.1, -0.05) is 23.7 Å². The first-order valence-electron chi connectivity index (χ1n) is 9.23. The highest BCUT2D eigenvalue weighted by molar-refractivity contribution is 6.31. The molecule has 0 saturated carbocycles. The van der Waals surface area contributed by atoms with Gasteiger partial charge in [-0.15, -0.1) is 13.2 Å². The molecule has 31 heavy (non-hydrogen) atoms. The third-order valence-corrected chi connectivity index (χ3v) is 4.71. The third kappa shape index (κ3) is 5.80. The zero-order valence-corrected chi connectivity index (χ0v) is 17.8. The molecule has 5 nitrogen and oxygen atoms in total. The lowest BCUT2D eigenvalue weighted by atomic mass is 10.0. The standard InChI is InChI=1S/C22H20ClF3N2O3/c1-13-19(21(29)20(23)18(27-13)12-28(2)3)14-4-6-15(7-5-14)30-16-8-10-17(11-9-16)31-22(24,25)26/h4-11H,12H2,1-3H3,(H,27,29). The molecule has 9 heteroatoms. The fourth-order valence-electron chi connectivity index (χ4n) is 3.07. The zero-order chi connectivity index (χ0) is 22.8. The van der Waals surface area contributed by atoms with Crippen molar-refractivity contribution in [1.29, 1.82) is 0 Å². The van der Waals surface area contributed by atoms with E-state index in [1.165, 1.54) is 12.1 Å². The minimum atomic E-state index is -4.75. The third-order valence-electron chi connectivity index (χ3n) is 4.32. The second kappa shape index (κ2) is 9.03. The summed E-state index contributed by atoms with van der Waals surface area (Å²) in [5.41, 5.74) is 2.21. The van der Waals surface area contributed by atoms with Crippen LogP contribution < -0.4 is 14.9 Å². The maximum atomic E-state index is 12.8. The van der Waals surface area contributed by atoms with E-state index in [0.29, 0.717) is 40.6 Å². The molecule has 1 heterocycles. The van der Waals surface area contributed by atoms with Crippen LogP contribution in [0.4, 0.5) is 13.2 Å². The zero-order valence-electron chi connectivity index (χ0n) is 17.0. The van der Waals surface area contributed by atoms with E-state index in [1.807, 2.05) is 19.0 Å². The Labute approximate surface area is 182 Å². The highest BCUT2D eigenvalue weighted by Gasteiger charge is 2.31. The minimum Gasteiger partial charge on any atom is -0.457 e. The van der Waals surface area contributed by atoms with Crippen molar-refractivity contribution in [2.45, 2.75) is 19.8 Å². The molecule has 1 aromatic heterocycles. The van der Waals surface area contributed by atoms with Gasteiger partial charge < -0.3 is 19.4 Å². The predicted octanol–water partition coefficient (Wildman–Crippen LogP) is 5.76. The number of rotatable bonds is 6. The van der Waals surface area contributed by atoms with Gasteiger partial charge in [0.25, 0.3) is 0 Å². The Bertz CT molecular complexity index is 1110. The molecule has 0 radical (unpaired) electrons. The number of nitrogens with zero attached hydrogens (tertiary/aromatic N) is 1. The molecular formula is C22H20ClF3N2O3. The van der Waals surface area contributed by atoms with Gasteiger partial charge in [-0.05, 0) is 63.0 Å². The van der Waals surface area contributed by atoms with Gasteiger partial charge in [0.15, 0.2) is 0 Å². The molecule has 0 aliphatic carbocycles. The first-order valence-corrected chi connectivity index (χ1v) is 9.61. The molecular weight excluding hydrogens is 433 g/mol. The summed E-state index contributed by atoms with van der Waals surface area (Å²) in [7, 11) is 3.76. The van der Waals surface area contributed by atoms with E-state index >= 15 is 0 Å². The molecule has 0 spiro atoms. The van der Waals surface area contributed by atoms with Crippen LogP contribution in [0.15, 0.2) is 53.3 Å². The second-order valence-electron chi connectivity index (χ2n) is 7.13. The summed E-state index contributed by atoms with van der Waals surface area (Å²) in [5, 5.41) is 0.149. The number of aromatic nitrogens is 1. The van der Waals surface area contributed by atoms with Crippen LogP contribution in [0.25, 0.3) is 11.1 Å². The van der Waals surface area contributed by atoms with E-state index in [4.69, 9.17) is 16.3 Å². The van der Waals surface area contributed by atoms with Crippen molar-refractivity contribution in [1.82, 2.24) is 9.88 Å². The first-order chi connectivity index (χ1) is 14.5. The molecule has 2 aromatic carbocycles. The fraction of sp³-hybridized carbons (Fsp3) is 0.227. The van der Waals surface area contributed by atoms with Crippen LogP contribution in [-0.4, -0.2) is 30.3 Å². The lowest BCUT2D eigenvalue weighted by Gasteiger charge is -2.15. The number of aromatic amines is 1. The van der Waals surface area contributed by atoms with Gasteiger partial charge >= 0.3 is 6.36 Å². The molecule has 1 N–H and O–H groups in total. The van der Waals surface area contributed by atoms with Gasteiger partial charge in [0.1, 0.15) is 22.3 Å². The van der Waals surface area contributed by atoms with E-state index < -0.39 is 6.36 Å². The summed E-state index contributed by atoms with van der Waals surface area (Å²) in [6.07, 6.45) is -4.75. The molecule has 0 unspecified atom stereocenters. The maximum absolute atomic E-state index is 12.8. The van der Waals surface area contributed by atoms with E-state index in [9.17, 15) is 18.0 Å². The van der Waals surface area contributed by atoms with E-state index in [-0.39, 0.29) is 16.2 Å². The monoisotopic (exact) mass is 452 g/mol. The summed E-state index contributed by atoms with van der Waals surface area (Å²) in [6.45, 7) is 2.32. The number of ether oxygens (including phenoxy) is 2. The topological polar surface area (TPSA) is 54.6 Å². The average molecular weight is 453 g/mol. The average Bonchev–Trinajstić information content (AvgIpc) is 2.67. The summed E-state index contributed by atoms with van der Waals surface area (Å²) in [6, 6.07) is 11.8. The number of pyridine rings is 1. The van der Waals surface area contributed by atoms with Crippen LogP contribution in [0.3, 0.4) is 0 Å². The SMILES string of the molecule is Cc1[nH]c(CN(C)C)c(Cl)c(=O)c1-c1ccc(Oc2ccc(OC(F)(F)F)cc2)cc1. The molecule has 3 rings (SSSR count). The number of aryl methyl sites for hydroxylation is 1. The van der Waals surface area contributed by atoms with E-state index in [2.05, 4.69) is 9.72 Å². The Morgan fingerprint density at radius 3 is 2.00 bits per heavy atom. The highest BCUT2D eigenvalue weighted by atomic mass is 35.5. The van der Waals surface area contributed by atoms with Gasteiger partial charge in [-0.3, -0.25) is 4.79 Å². The molecule has 0 saturated heterocycles. The van der Waals surface area contributed by atoms with Crippen molar-refractivity contribution in [2.75, 3.05) is 14.1 Å². The smallest absolute Gasteiger partial charge is 0.457 e. The van der Waals surface area contributed by atoms with Gasteiger partial charge in [-0.2, -0.15) is 0 Å². The van der Waals surface area contributed by atoms with Crippen LogP contribution in [0, 0.1) is 6.92 Å². The van der Waals surface area contributed by atoms with Gasteiger partial charge in [-0.25, -0.2) is 0 Å². The Balaban J connectivity index is 1.79. The molecule has 3 aromatic rings. The van der Waals surface area contributed by atoms with Crippen LogP contribution in [0.1, 0.15) is 11.4 Å². The number of alkyl halides is 3. The molecule has 0 atom stereocenters. The van der Waals surface area contributed by atoms with Crippen molar-refractivity contribution in [3.05, 3.63) is 75.2 Å². The van der Waals surface area contributed by atoms with E-state index in [0.717, 1.165) is 12.1 Å². The summed E-state index contributed by atoms with van der Waals surface area (Å²) in [4.78, 5) is 17.9. The van der Waals surface area contributed by atoms with Gasteiger partial charge in [0.05, 0.1) is 5.69 Å². The first kappa shape index (κ1) is 22.7. The lowest BCUT2D eigenvalue weighted by molar-refractivity contribution is -0.274. The van der Waals surface area contributed by atoms with Crippen molar-refractivity contribution < 1.29 is 22.6 Å². The number of H-pyrrole nitrogens is 1. The summed E-state index contributed by atoms with van der Waals surface area (Å²) in [5.74, 6) is 0.463. The van der Waals surface area contributed by atoms with Gasteiger partial charge in [0.2, 0.25) is 5.43 Å². The summed E-state index contributed by atoms with van der Waals surface area (Å²) >= 11 is 6.28. The van der Waals surface area contributed by atoms with Crippen LogP contribution in [0.5, 0.6) is 17.2 Å². The maximum Gasteiger partial charge on any atom is 0.573 e. The highest BCUT2D eigenvalue weighted by Crippen LogP contribution is 2.29. The molecule has 0 aliphatic heterocycles. The minimum absolute atomic E-state index is 0.149. The molecule has 0 fully saturated rings. The number of halogens is 4. The normalized spacial score (nSPS) is 11.6. The van der Waals surface area contributed by atoms with Crippen LogP contribution >= 0.6 is 11.6 Å². The largest absolute Gasteiger partial charge is 0.573 e. The molecule has 0 amide bonds. The fourth-order valence-corrected chi connectivity index (χ4v) is 3.27. The quantitative estimate of drug-likeness (QED) is 0.517. The molecule has 164 valence electrons. The number of benzene rings is 2. The Morgan fingerprint density at radius 1 is 0.968 bits per heavy atom. The molecule has 0 aliphatic rings. The summed E-state index contributed by atoms with van der Waals surface area (Å²) < 4.78 is 46.2. The molecule has 0 bridgehead atoms. The van der Waals surface area contributed by atoms with Crippen molar-refractivity contribution in [3.63, 3.8) is 0 Å². The second-order valence-corrected chi connectivity index (χ2v) is 7.51. The number of nitrogens with one attached hydrogen (secondary N) is 1. The Kier molecular flexibility index (Phi) is 6.62. The van der Waals surface area contributed by atoms with Crippen molar-refractivity contribution in [2.24, 2.45) is 0 Å². The van der Waals surface area contributed by atoms with Gasteiger partial charge in [0, 0.05) is 17.8 Å². The van der Waals surface area contributed by atoms with Crippen molar-refractivity contribution in [3.8, 4) is 28.4 Å². The van der Waals surface area contributed by atoms with Crippen LogP contribution in [-0.2, 0) is 6.54 Å². The Hall–Kier alpha value is -2.97. The predicted molar refractivity (Wildman–Crippen MR) is 113 cm³/mol. The van der Waals surface area contributed by atoms with Crippen LogP contribution in [0.2, 0.25) is 5.02 Å².